The average Bonchev–Trinajstić information content (AvgIpc) is 3.00. The number of hydrogen-bond acceptors (Lipinski definition) is 6. The Morgan fingerprint density at radius 1 is 0.875 bits per heavy atom. The van der Waals surface area contributed by atoms with Gasteiger partial charge in [0.25, 0.3) is 5.91 Å². The highest BCUT2D eigenvalue weighted by Gasteiger charge is 2.19. The van der Waals surface area contributed by atoms with Crippen LogP contribution < -0.4 is 14.8 Å². The third-order valence-corrected chi connectivity index (χ3v) is 7.71. The summed E-state index contributed by atoms with van der Waals surface area (Å²) >= 11 is 0. The van der Waals surface area contributed by atoms with Gasteiger partial charge in [-0.15, -0.1) is 0 Å². The molecule has 7 heteroatoms. The summed E-state index contributed by atoms with van der Waals surface area (Å²) in [5.74, 6) is 2.66. The normalized spacial score (nSPS) is 15.1. The smallest absolute Gasteiger partial charge is 0.251 e. The summed E-state index contributed by atoms with van der Waals surface area (Å²) in [4.78, 5) is 25.6. The topological polar surface area (TPSA) is 76.6 Å². The van der Waals surface area contributed by atoms with Crippen molar-refractivity contribution in [3.8, 4) is 34.0 Å². The number of carbonyl (C=O) groups excluding carboxylic acids is 1. The van der Waals surface area contributed by atoms with E-state index in [0.717, 1.165) is 65.1 Å². The van der Waals surface area contributed by atoms with Gasteiger partial charge < -0.3 is 19.7 Å². The number of rotatable bonds is 9. The molecule has 0 saturated carbocycles. The van der Waals surface area contributed by atoms with Gasteiger partial charge in [-0.1, -0.05) is 13.8 Å². The lowest BCUT2D eigenvalue weighted by Gasteiger charge is -2.32. The van der Waals surface area contributed by atoms with E-state index in [1.54, 1.807) is 14.2 Å². The number of amides is 1. The summed E-state index contributed by atoms with van der Waals surface area (Å²) in [7, 11) is 3.30. The second kappa shape index (κ2) is 12.5. The van der Waals surface area contributed by atoms with Crippen LogP contribution in [-0.2, 0) is 0 Å². The highest BCUT2D eigenvalue weighted by atomic mass is 16.5. The van der Waals surface area contributed by atoms with Gasteiger partial charge in [0, 0.05) is 29.8 Å². The second-order valence-corrected chi connectivity index (χ2v) is 10.9. The lowest BCUT2D eigenvalue weighted by Crippen LogP contribution is -2.39. The maximum Gasteiger partial charge on any atom is 0.251 e. The molecule has 3 aromatic carbocycles. The fraction of sp³-hybridized carbons (Fsp3) is 0.364. The van der Waals surface area contributed by atoms with Crippen molar-refractivity contribution in [3.63, 3.8) is 0 Å². The van der Waals surface area contributed by atoms with Crippen molar-refractivity contribution in [3.05, 3.63) is 72.3 Å². The Kier molecular flexibility index (Phi) is 8.60. The largest absolute Gasteiger partial charge is 0.497 e. The van der Waals surface area contributed by atoms with E-state index >= 15 is 0 Å². The van der Waals surface area contributed by atoms with Gasteiger partial charge in [-0.2, -0.15) is 0 Å². The van der Waals surface area contributed by atoms with Crippen LogP contribution in [0.2, 0.25) is 0 Å². The Labute approximate surface area is 236 Å². The third-order valence-electron chi connectivity index (χ3n) is 7.71. The van der Waals surface area contributed by atoms with Crippen molar-refractivity contribution in [1.82, 2.24) is 20.2 Å². The molecule has 1 saturated heterocycles. The van der Waals surface area contributed by atoms with Crippen LogP contribution in [0.1, 0.15) is 37.0 Å². The molecule has 40 heavy (non-hydrogen) atoms. The summed E-state index contributed by atoms with van der Waals surface area (Å²) in [6, 6.07) is 21.1. The fourth-order valence-corrected chi connectivity index (χ4v) is 5.21. The van der Waals surface area contributed by atoms with Gasteiger partial charge >= 0.3 is 0 Å². The number of aromatic nitrogens is 2. The molecule has 0 bridgehead atoms. The minimum absolute atomic E-state index is 0.0898. The van der Waals surface area contributed by atoms with E-state index in [9.17, 15) is 4.79 Å². The van der Waals surface area contributed by atoms with Crippen LogP contribution in [0.25, 0.3) is 33.5 Å². The van der Waals surface area contributed by atoms with E-state index in [1.165, 1.54) is 12.8 Å². The molecule has 0 radical (unpaired) electrons. The highest BCUT2D eigenvalue weighted by Crippen LogP contribution is 2.33. The van der Waals surface area contributed by atoms with Crippen molar-refractivity contribution in [2.24, 2.45) is 11.8 Å². The average molecular weight is 539 g/mol. The zero-order chi connectivity index (χ0) is 28.1. The zero-order valence-electron chi connectivity index (χ0n) is 23.8. The molecule has 1 fully saturated rings. The molecule has 4 aromatic rings. The second-order valence-electron chi connectivity index (χ2n) is 10.9. The molecule has 1 N–H and O–H groups in total. The molecular weight excluding hydrogens is 500 g/mol. The number of hydrogen-bond donors (Lipinski definition) is 1. The Bertz CT molecular complexity index is 1450. The quantitative estimate of drug-likeness (QED) is 0.278. The number of nitrogens with one attached hydrogen (secondary N) is 1. The molecular formula is C33H38N4O3. The molecule has 1 atom stereocenters. The number of methoxy groups -OCH3 is 2. The molecule has 1 aliphatic heterocycles. The van der Waals surface area contributed by atoms with Crippen molar-refractivity contribution in [2.75, 3.05) is 40.4 Å². The number of nitrogens with zero attached hydrogens (tertiary/aromatic N) is 3. The molecule has 2 heterocycles. The van der Waals surface area contributed by atoms with E-state index in [0.29, 0.717) is 23.5 Å². The van der Waals surface area contributed by atoms with Crippen LogP contribution in [0.15, 0.2) is 66.7 Å². The third kappa shape index (κ3) is 6.42. The van der Waals surface area contributed by atoms with Gasteiger partial charge in [0.15, 0.2) is 0 Å². The predicted molar refractivity (Wildman–Crippen MR) is 160 cm³/mol. The molecule has 1 amide bonds. The number of benzene rings is 3. The van der Waals surface area contributed by atoms with Gasteiger partial charge in [-0.25, -0.2) is 9.97 Å². The standard InChI is InChI=1S/C33H38N4O3/c1-22-15-17-37(18-16-22)21-23(2)20-34-33(38)26-9-14-29-30(19-26)36-32(25-7-12-28(40-4)13-8-25)31(35-29)24-5-10-27(39-3)11-6-24/h5-14,19,22-23H,15-18,20-21H2,1-4H3,(H,34,38)/t23-/m1/s1. The Balaban J connectivity index is 1.39. The van der Waals surface area contributed by atoms with Crippen molar-refractivity contribution in [2.45, 2.75) is 26.7 Å². The Morgan fingerprint density at radius 2 is 1.43 bits per heavy atom. The van der Waals surface area contributed by atoms with E-state index in [-0.39, 0.29) is 5.91 Å². The van der Waals surface area contributed by atoms with Crippen molar-refractivity contribution >= 4 is 16.9 Å². The van der Waals surface area contributed by atoms with Crippen LogP contribution in [0, 0.1) is 11.8 Å². The first kappa shape index (κ1) is 27.6. The minimum atomic E-state index is -0.0898. The molecule has 0 aliphatic carbocycles. The number of likely N-dealkylation sites (tertiary alicyclic amines) is 1. The Morgan fingerprint density at radius 3 is 1.98 bits per heavy atom. The van der Waals surface area contributed by atoms with Gasteiger partial charge in [0.2, 0.25) is 0 Å². The van der Waals surface area contributed by atoms with Crippen LogP contribution in [0.3, 0.4) is 0 Å². The van der Waals surface area contributed by atoms with Gasteiger partial charge in [0.05, 0.1) is 36.6 Å². The molecule has 0 spiro atoms. The summed E-state index contributed by atoms with van der Waals surface area (Å²) in [6.07, 6.45) is 2.52. The molecule has 1 aromatic heterocycles. The lowest BCUT2D eigenvalue weighted by molar-refractivity contribution is 0.0941. The molecule has 208 valence electrons. The maximum absolute atomic E-state index is 13.1. The van der Waals surface area contributed by atoms with Crippen LogP contribution >= 0.6 is 0 Å². The van der Waals surface area contributed by atoms with E-state index in [2.05, 4.69) is 24.1 Å². The minimum Gasteiger partial charge on any atom is -0.497 e. The number of fused-ring (bicyclic) bond motifs is 1. The zero-order valence-corrected chi connectivity index (χ0v) is 23.8. The summed E-state index contributed by atoms with van der Waals surface area (Å²) in [6.45, 7) is 8.48. The van der Waals surface area contributed by atoms with Gasteiger partial charge in [-0.3, -0.25) is 4.79 Å². The monoisotopic (exact) mass is 538 g/mol. The SMILES string of the molecule is COc1ccc(-c2nc3ccc(C(=O)NC[C@@H](C)CN4CCC(C)CC4)cc3nc2-c2ccc(OC)cc2)cc1. The first-order valence-electron chi connectivity index (χ1n) is 14.0. The fourth-order valence-electron chi connectivity index (χ4n) is 5.21. The van der Waals surface area contributed by atoms with Gasteiger partial charge in [-0.05, 0) is 104 Å². The van der Waals surface area contributed by atoms with Crippen LogP contribution in [0.5, 0.6) is 11.5 Å². The molecule has 1 aliphatic rings. The summed E-state index contributed by atoms with van der Waals surface area (Å²) in [5, 5.41) is 3.13. The van der Waals surface area contributed by atoms with E-state index < -0.39 is 0 Å². The first-order valence-corrected chi connectivity index (χ1v) is 14.0. The number of ether oxygens (including phenoxy) is 2. The van der Waals surface area contributed by atoms with Gasteiger partial charge in [0.1, 0.15) is 11.5 Å². The molecule has 5 rings (SSSR count). The first-order chi connectivity index (χ1) is 19.4. The van der Waals surface area contributed by atoms with E-state index in [1.807, 2.05) is 66.7 Å². The van der Waals surface area contributed by atoms with Crippen LogP contribution in [0.4, 0.5) is 0 Å². The van der Waals surface area contributed by atoms with Crippen LogP contribution in [-0.4, -0.2) is 61.2 Å². The summed E-state index contributed by atoms with van der Waals surface area (Å²) < 4.78 is 10.7. The lowest BCUT2D eigenvalue weighted by atomic mass is 9.98. The number of carbonyl (C=O) groups is 1. The maximum atomic E-state index is 13.1. The van der Waals surface area contributed by atoms with E-state index in [4.69, 9.17) is 19.4 Å². The predicted octanol–water partition coefficient (Wildman–Crippen LogP) is 6.08. The summed E-state index contributed by atoms with van der Waals surface area (Å²) in [5.41, 5.74) is 5.33. The molecule has 7 nitrogen and oxygen atoms in total. The highest BCUT2D eigenvalue weighted by molar-refractivity contribution is 5.98. The Hall–Kier alpha value is -3.97. The van der Waals surface area contributed by atoms with Crippen molar-refractivity contribution in [1.29, 1.82) is 0 Å². The molecule has 0 unspecified atom stereocenters. The van der Waals surface area contributed by atoms with Crippen molar-refractivity contribution < 1.29 is 14.3 Å². The number of piperidine rings is 1.